The number of rotatable bonds is 9. The maximum Gasteiger partial charge on any atom is 0.264 e. The lowest BCUT2D eigenvalue weighted by Crippen LogP contribution is -2.56. The lowest BCUT2D eigenvalue weighted by atomic mass is 9.97. The van der Waals surface area contributed by atoms with Crippen LogP contribution in [0.1, 0.15) is 40.2 Å². The van der Waals surface area contributed by atoms with Crippen molar-refractivity contribution in [2.45, 2.75) is 89.2 Å². The van der Waals surface area contributed by atoms with Crippen LogP contribution in [0.4, 0.5) is 0 Å². The van der Waals surface area contributed by atoms with E-state index in [4.69, 9.17) is 27.6 Å². The summed E-state index contributed by atoms with van der Waals surface area (Å²) in [6.07, 6.45) is -0.945. The molecule has 0 N–H and O–H groups in total. The van der Waals surface area contributed by atoms with Crippen molar-refractivity contribution in [2.75, 3.05) is 19.5 Å². The first-order valence-electron chi connectivity index (χ1n) is 11.2. The molecule has 2 heterocycles. The molecule has 2 fully saturated rings. The van der Waals surface area contributed by atoms with E-state index in [1.807, 2.05) is 44.2 Å². The first-order valence-corrected chi connectivity index (χ1v) is 15.9. The van der Waals surface area contributed by atoms with Crippen LogP contribution >= 0.6 is 0 Å². The Balaban J connectivity index is 1.92. The van der Waals surface area contributed by atoms with E-state index in [0.29, 0.717) is 6.61 Å². The molecule has 10 heteroatoms. The summed E-state index contributed by atoms with van der Waals surface area (Å²) in [5.41, 5.74) is -0.249. The summed E-state index contributed by atoms with van der Waals surface area (Å²) in [4.78, 5) is 0. The van der Waals surface area contributed by atoms with Crippen molar-refractivity contribution in [1.29, 1.82) is 0 Å². The van der Waals surface area contributed by atoms with Crippen LogP contribution in [0.2, 0.25) is 18.1 Å². The summed E-state index contributed by atoms with van der Waals surface area (Å²) >= 11 is 0. The van der Waals surface area contributed by atoms with E-state index < -0.39 is 48.3 Å². The molecule has 33 heavy (non-hydrogen) atoms. The summed E-state index contributed by atoms with van der Waals surface area (Å²) in [7, 11) is -5.93. The van der Waals surface area contributed by atoms with Crippen molar-refractivity contribution in [1.82, 2.24) is 0 Å². The van der Waals surface area contributed by atoms with Crippen LogP contribution < -0.4 is 0 Å². The molecule has 2 aliphatic rings. The Labute approximate surface area is 199 Å². The maximum absolute atomic E-state index is 11.9. The number of hydrogen-bond donors (Lipinski definition) is 0. The molecular weight excluding hydrogens is 464 g/mol. The molecule has 8 nitrogen and oxygen atoms in total. The molecule has 1 aromatic rings. The average Bonchev–Trinajstić information content (AvgIpc) is 3.11. The number of ether oxygens (including phenoxy) is 4. The standard InChI is InChI=1S/C23H38O8SSi/c1-21(2,3)33(7,8)28-16-23(15-27-32(6,24)25)19(26-14-17-12-10-9-11-13-17)18-20(31-23)30-22(4,5)29-18/h9-13,18-20H,14-16H2,1-8H3/t18-,19-,20+,23?/m1/s1. The van der Waals surface area contributed by atoms with Crippen molar-refractivity contribution in [2.24, 2.45) is 0 Å². The van der Waals surface area contributed by atoms with Gasteiger partial charge in [0.1, 0.15) is 24.4 Å². The van der Waals surface area contributed by atoms with Crippen LogP contribution in [0.3, 0.4) is 0 Å². The van der Waals surface area contributed by atoms with Crippen molar-refractivity contribution >= 4 is 18.4 Å². The highest BCUT2D eigenvalue weighted by Crippen LogP contribution is 2.46. The molecule has 188 valence electrons. The predicted octanol–water partition coefficient (Wildman–Crippen LogP) is 3.82. The smallest absolute Gasteiger partial charge is 0.264 e. The Hall–Kier alpha value is -0.853. The van der Waals surface area contributed by atoms with Gasteiger partial charge in [-0.05, 0) is 37.5 Å². The summed E-state index contributed by atoms with van der Waals surface area (Å²) in [5.74, 6) is -0.853. The molecule has 0 spiro atoms. The van der Waals surface area contributed by atoms with Gasteiger partial charge in [-0.15, -0.1) is 0 Å². The van der Waals surface area contributed by atoms with Gasteiger partial charge in [-0.3, -0.25) is 4.18 Å². The second-order valence-corrected chi connectivity index (χ2v) is 17.3. The molecule has 1 unspecified atom stereocenters. The van der Waals surface area contributed by atoms with Crippen LogP contribution in [0.25, 0.3) is 0 Å². The molecule has 0 saturated carbocycles. The summed E-state index contributed by atoms with van der Waals surface area (Å²) < 4.78 is 60.4. The average molecular weight is 503 g/mol. The number of fused-ring (bicyclic) bond motifs is 1. The molecule has 0 bridgehead atoms. The second kappa shape index (κ2) is 9.31. The van der Waals surface area contributed by atoms with Gasteiger partial charge in [-0.2, -0.15) is 8.42 Å². The molecular formula is C23H38O8SSi. The summed E-state index contributed by atoms with van der Waals surface area (Å²) in [6.45, 7) is 14.4. The summed E-state index contributed by atoms with van der Waals surface area (Å²) in [5, 5.41) is -0.0459. The quantitative estimate of drug-likeness (QED) is 0.372. The van der Waals surface area contributed by atoms with Gasteiger partial charge in [-0.25, -0.2) is 0 Å². The van der Waals surface area contributed by atoms with E-state index in [9.17, 15) is 8.42 Å². The zero-order valence-electron chi connectivity index (χ0n) is 20.9. The van der Waals surface area contributed by atoms with Gasteiger partial charge in [-0.1, -0.05) is 51.1 Å². The highest BCUT2D eigenvalue weighted by atomic mass is 32.2. The molecule has 2 aliphatic heterocycles. The molecule has 0 radical (unpaired) electrons. The minimum atomic E-state index is -3.73. The first kappa shape index (κ1) is 26.7. The fourth-order valence-corrected chi connectivity index (χ4v) is 5.11. The van der Waals surface area contributed by atoms with Crippen LogP contribution in [0.15, 0.2) is 30.3 Å². The van der Waals surface area contributed by atoms with Crippen molar-refractivity contribution in [3.8, 4) is 0 Å². The third-order valence-corrected chi connectivity index (χ3v) is 11.6. The Morgan fingerprint density at radius 1 is 1.03 bits per heavy atom. The number of hydrogen-bond acceptors (Lipinski definition) is 8. The Morgan fingerprint density at radius 3 is 2.24 bits per heavy atom. The van der Waals surface area contributed by atoms with Crippen LogP contribution in [-0.4, -0.2) is 66.1 Å². The molecule has 0 amide bonds. The monoisotopic (exact) mass is 502 g/mol. The zero-order chi connectivity index (χ0) is 24.7. The van der Waals surface area contributed by atoms with Gasteiger partial charge in [0.15, 0.2) is 20.4 Å². The predicted molar refractivity (Wildman–Crippen MR) is 127 cm³/mol. The molecule has 0 aromatic heterocycles. The lowest BCUT2D eigenvalue weighted by Gasteiger charge is -2.41. The Morgan fingerprint density at radius 2 is 1.67 bits per heavy atom. The minimum absolute atomic E-state index is 0.0459. The van der Waals surface area contributed by atoms with E-state index in [1.165, 1.54) is 0 Å². The van der Waals surface area contributed by atoms with Gasteiger partial charge >= 0.3 is 0 Å². The third kappa shape index (κ3) is 6.43. The van der Waals surface area contributed by atoms with Crippen LogP contribution in [-0.2, 0) is 44.3 Å². The normalized spacial score (nSPS) is 29.9. The highest BCUT2D eigenvalue weighted by molar-refractivity contribution is 7.85. The van der Waals surface area contributed by atoms with Gasteiger partial charge in [0.05, 0.1) is 19.5 Å². The Bertz CT molecular complexity index is 912. The fraction of sp³-hybridized carbons (Fsp3) is 0.739. The second-order valence-electron chi connectivity index (χ2n) is 10.9. The zero-order valence-corrected chi connectivity index (χ0v) is 22.7. The van der Waals surface area contributed by atoms with E-state index in [-0.39, 0.29) is 18.3 Å². The number of benzene rings is 1. The summed E-state index contributed by atoms with van der Waals surface area (Å²) in [6, 6.07) is 9.73. The third-order valence-electron chi connectivity index (χ3n) is 6.53. The molecule has 1 aromatic carbocycles. The SMILES string of the molecule is CC1(C)O[C@H]2OC(CO[Si](C)(C)C(C)(C)C)(COS(C)(=O)=O)[C@H](OCc3ccccc3)[C@H]2O1. The van der Waals surface area contributed by atoms with Crippen molar-refractivity contribution in [3.05, 3.63) is 35.9 Å². The maximum atomic E-state index is 11.9. The Kier molecular flexibility index (Phi) is 7.54. The van der Waals surface area contributed by atoms with Crippen LogP contribution in [0.5, 0.6) is 0 Å². The largest absolute Gasteiger partial charge is 0.414 e. The molecule has 4 atom stereocenters. The minimum Gasteiger partial charge on any atom is -0.414 e. The van der Waals surface area contributed by atoms with Gasteiger partial charge < -0.3 is 23.4 Å². The molecule has 3 rings (SSSR count). The van der Waals surface area contributed by atoms with Gasteiger partial charge in [0.2, 0.25) is 0 Å². The molecule has 0 aliphatic carbocycles. The first-order chi connectivity index (χ1) is 15.0. The van der Waals surface area contributed by atoms with E-state index in [2.05, 4.69) is 33.9 Å². The van der Waals surface area contributed by atoms with E-state index in [0.717, 1.165) is 11.8 Å². The fourth-order valence-electron chi connectivity index (χ4n) is 3.66. The lowest BCUT2D eigenvalue weighted by molar-refractivity contribution is -0.255. The van der Waals surface area contributed by atoms with Gasteiger partial charge in [0, 0.05) is 0 Å². The van der Waals surface area contributed by atoms with Gasteiger partial charge in [0.25, 0.3) is 10.1 Å². The van der Waals surface area contributed by atoms with E-state index >= 15 is 0 Å². The molecule has 2 saturated heterocycles. The van der Waals surface area contributed by atoms with Crippen molar-refractivity contribution < 1.29 is 36.0 Å². The topological polar surface area (TPSA) is 89.5 Å². The van der Waals surface area contributed by atoms with Crippen LogP contribution in [0, 0.1) is 0 Å². The van der Waals surface area contributed by atoms with Crippen molar-refractivity contribution in [3.63, 3.8) is 0 Å². The van der Waals surface area contributed by atoms with E-state index in [1.54, 1.807) is 0 Å². The highest BCUT2D eigenvalue weighted by Gasteiger charge is 2.63.